The summed E-state index contributed by atoms with van der Waals surface area (Å²) in [7, 11) is 3.84. The molecule has 5 nitrogen and oxygen atoms in total. The van der Waals surface area contributed by atoms with Crippen LogP contribution in [0.1, 0.15) is 36.5 Å². The molecule has 3 rings (SSSR count). The Morgan fingerprint density at radius 1 is 1.30 bits per heavy atom. The summed E-state index contributed by atoms with van der Waals surface area (Å²) in [6, 6.07) is 8.61. The molecular weight excluding hydrogens is 360 g/mol. The number of halogens is 1. The third kappa shape index (κ3) is 4.71. The van der Waals surface area contributed by atoms with E-state index >= 15 is 0 Å². The number of carbonyl (C=O) groups excluding carboxylic acids is 1. The third-order valence-corrected chi connectivity index (χ3v) is 5.53. The van der Waals surface area contributed by atoms with Gasteiger partial charge in [0.1, 0.15) is 0 Å². The van der Waals surface area contributed by atoms with E-state index in [0.717, 1.165) is 18.7 Å². The largest absolute Gasteiger partial charge is 0.345 e. The molecule has 2 aromatic rings. The van der Waals surface area contributed by atoms with Crippen molar-refractivity contribution in [3.8, 4) is 0 Å². The zero-order valence-corrected chi connectivity index (χ0v) is 17.7. The van der Waals surface area contributed by atoms with Crippen molar-refractivity contribution in [2.75, 3.05) is 26.7 Å². The van der Waals surface area contributed by atoms with E-state index in [1.807, 2.05) is 31.4 Å². The van der Waals surface area contributed by atoms with Gasteiger partial charge in [0, 0.05) is 51.3 Å². The van der Waals surface area contributed by atoms with Gasteiger partial charge in [-0.3, -0.25) is 9.48 Å². The van der Waals surface area contributed by atoms with E-state index in [1.165, 1.54) is 11.1 Å². The minimum atomic E-state index is -0.0893. The summed E-state index contributed by atoms with van der Waals surface area (Å²) in [6.45, 7) is 8.76. The Bertz CT molecular complexity index is 769. The van der Waals surface area contributed by atoms with Crippen LogP contribution < -0.4 is 5.32 Å². The van der Waals surface area contributed by atoms with Crippen molar-refractivity contribution in [2.24, 2.45) is 13.0 Å². The maximum absolute atomic E-state index is 13.2. The summed E-state index contributed by atoms with van der Waals surface area (Å²) >= 11 is 0. The fourth-order valence-corrected chi connectivity index (χ4v) is 3.97. The van der Waals surface area contributed by atoms with Crippen molar-refractivity contribution in [1.29, 1.82) is 0 Å². The van der Waals surface area contributed by atoms with Gasteiger partial charge in [0.05, 0.1) is 12.1 Å². The van der Waals surface area contributed by atoms with Gasteiger partial charge in [-0.15, -0.1) is 12.4 Å². The number of benzene rings is 1. The highest BCUT2D eigenvalue weighted by Gasteiger charge is 2.37. The van der Waals surface area contributed by atoms with E-state index in [1.54, 1.807) is 4.68 Å². The number of amides is 1. The van der Waals surface area contributed by atoms with Gasteiger partial charge in [0.2, 0.25) is 5.91 Å². The zero-order chi connectivity index (χ0) is 18.9. The van der Waals surface area contributed by atoms with Crippen LogP contribution in [-0.2, 0) is 17.3 Å². The van der Waals surface area contributed by atoms with E-state index in [0.29, 0.717) is 6.54 Å². The third-order valence-electron chi connectivity index (χ3n) is 5.53. The molecular formula is C21H31ClN4O. The maximum Gasteiger partial charge on any atom is 0.227 e. The van der Waals surface area contributed by atoms with Crippen LogP contribution in [0.4, 0.5) is 0 Å². The summed E-state index contributed by atoms with van der Waals surface area (Å²) < 4.78 is 1.80. The van der Waals surface area contributed by atoms with Crippen LogP contribution in [0.25, 0.3) is 0 Å². The summed E-state index contributed by atoms with van der Waals surface area (Å²) in [5, 5.41) is 7.65. The molecule has 0 saturated carbocycles. The summed E-state index contributed by atoms with van der Waals surface area (Å²) in [5.41, 5.74) is 3.57. The van der Waals surface area contributed by atoms with E-state index in [-0.39, 0.29) is 35.6 Å². The number of nitrogens with one attached hydrogen (secondary N) is 1. The number of rotatable bonds is 5. The molecule has 6 heteroatoms. The van der Waals surface area contributed by atoms with Gasteiger partial charge in [0.15, 0.2) is 0 Å². The number of aryl methyl sites for hydroxylation is 2. The van der Waals surface area contributed by atoms with Crippen LogP contribution in [0.2, 0.25) is 0 Å². The molecule has 1 fully saturated rings. The first-order valence-corrected chi connectivity index (χ1v) is 9.29. The van der Waals surface area contributed by atoms with Gasteiger partial charge in [-0.05, 0) is 18.1 Å². The SMILES string of the molecule is Cc1ccc(C(C)(C)CN(C)C(=O)[C@H]2CNC[C@@H]2c2cnn(C)c2)cc1.Cl. The highest BCUT2D eigenvalue weighted by molar-refractivity contribution is 5.85. The number of likely N-dealkylation sites (N-methyl/N-ethyl adjacent to an activating group) is 1. The second-order valence-electron chi connectivity index (χ2n) is 8.26. The minimum Gasteiger partial charge on any atom is -0.345 e. The number of nitrogens with zero attached hydrogens (tertiary/aromatic N) is 3. The lowest BCUT2D eigenvalue weighted by atomic mass is 9.83. The predicted molar refractivity (Wildman–Crippen MR) is 111 cm³/mol. The van der Waals surface area contributed by atoms with E-state index in [4.69, 9.17) is 0 Å². The van der Waals surface area contributed by atoms with Crippen LogP contribution in [0, 0.1) is 12.8 Å². The molecule has 0 bridgehead atoms. The summed E-state index contributed by atoms with van der Waals surface area (Å²) in [5.74, 6) is 0.378. The second-order valence-corrected chi connectivity index (χ2v) is 8.26. The Balaban J connectivity index is 0.00000261. The average Bonchev–Trinajstić information content (AvgIpc) is 3.22. The predicted octanol–water partition coefficient (Wildman–Crippen LogP) is 2.89. The molecule has 0 spiro atoms. The standard InChI is InChI=1S/C21H30N4O.ClH/c1-15-6-8-17(9-7-15)21(2,3)14-24(4)20(26)19-12-22-11-18(19)16-10-23-25(5)13-16;/h6-10,13,18-19,22H,11-12,14H2,1-5H3;1H/t18-,19+;/m1./s1. The highest BCUT2D eigenvalue weighted by atomic mass is 35.5. The first kappa shape index (κ1) is 21.5. The molecule has 0 aliphatic carbocycles. The number of hydrogen-bond acceptors (Lipinski definition) is 3. The molecule has 27 heavy (non-hydrogen) atoms. The Morgan fingerprint density at radius 3 is 2.56 bits per heavy atom. The number of carbonyl (C=O) groups is 1. The Kier molecular flexibility index (Phi) is 6.71. The molecule has 1 N–H and O–H groups in total. The molecule has 1 aromatic carbocycles. The normalized spacial score (nSPS) is 19.6. The molecule has 0 unspecified atom stereocenters. The Morgan fingerprint density at radius 2 is 1.96 bits per heavy atom. The molecule has 1 amide bonds. The smallest absolute Gasteiger partial charge is 0.227 e. The Hall–Kier alpha value is -1.85. The Labute approximate surface area is 168 Å². The zero-order valence-electron chi connectivity index (χ0n) is 16.9. The average molecular weight is 391 g/mol. The molecule has 0 radical (unpaired) electrons. The van der Waals surface area contributed by atoms with Gasteiger partial charge in [0.25, 0.3) is 0 Å². The number of hydrogen-bond donors (Lipinski definition) is 1. The maximum atomic E-state index is 13.2. The first-order chi connectivity index (χ1) is 12.3. The van der Waals surface area contributed by atoms with Crippen LogP contribution in [-0.4, -0.2) is 47.3 Å². The van der Waals surface area contributed by atoms with Crippen LogP contribution >= 0.6 is 12.4 Å². The van der Waals surface area contributed by atoms with Crippen molar-refractivity contribution < 1.29 is 4.79 Å². The van der Waals surface area contributed by atoms with Gasteiger partial charge in [-0.1, -0.05) is 43.7 Å². The van der Waals surface area contributed by atoms with Gasteiger partial charge < -0.3 is 10.2 Å². The highest BCUT2D eigenvalue weighted by Crippen LogP contribution is 2.31. The van der Waals surface area contributed by atoms with Crippen LogP contribution in [0.3, 0.4) is 0 Å². The first-order valence-electron chi connectivity index (χ1n) is 9.29. The van der Waals surface area contributed by atoms with E-state index < -0.39 is 0 Å². The van der Waals surface area contributed by atoms with Crippen LogP contribution in [0.5, 0.6) is 0 Å². The fourth-order valence-electron chi connectivity index (χ4n) is 3.97. The van der Waals surface area contributed by atoms with E-state index in [9.17, 15) is 4.79 Å². The summed E-state index contributed by atoms with van der Waals surface area (Å²) in [4.78, 5) is 15.1. The van der Waals surface area contributed by atoms with Crippen molar-refractivity contribution >= 4 is 18.3 Å². The van der Waals surface area contributed by atoms with Gasteiger partial charge in [-0.25, -0.2) is 0 Å². The molecule has 1 saturated heterocycles. The topological polar surface area (TPSA) is 50.2 Å². The van der Waals surface area contributed by atoms with Crippen molar-refractivity contribution in [3.63, 3.8) is 0 Å². The lowest BCUT2D eigenvalue weighted by Crippen LogP contribution is -2.42. The lowest BCUT2D eigenvalue weighted by Gasteiger charge is -2.33. The fraction of sp³-hybridized carbons (Fsp3) is 0.524. The van der Waals surface area contributed by atoms with Crippen molar-refractivity contribution in [2.45, 2.75) is 32.1 Å². The summed E-state index contributed by atoms with van der Waals surface area (Å²) in [6.07, 6.45) is 3.91. The quantitative estimate of drug-likeness (QED) is 0.854. The number of aromatic nitrogens is 2. The lowest BCUT2D eigenvalue weighted by molar-refractivity contribution is -0.134. The molecule has 1 aliphatic heterocycles. The molecule has 1 aromatic heterocycles. The second kappa shape index (κ2) is 8.44. The van der Waals surface area contributed by atoms with Crippen LogP contribution in [0.15, 0.2) is 36.7 Å². The van der Waals surface area contributed by atoms with E-state index in [2.05, 4.69) is 55.5 Å². The minimum absolute atomic E-state index is 0. The van der Waals surface area contributed by atoms with Gasteiger partial charge in [-0.2, -0.15) is 5.10 Å². The molecule has 1 aliphatic rings. The van der Waals surface area contributed by atoms with Gasteiger partial charge >= 0.3 is 0 Å². The molecule has 2 atom stereocenters. The van der Waals surface area contributed by atoms with Crippen molar-refractivity contribution in [3.05, 3.63) is 53.3 Å². The molecule has 148 valence electrons. The monoisotopic (exact) mass is 390 g/mol. The van der Waals surface area contributed by atoms with Crippen molar-refractivity contribution in [1.82, 2.24) is 20.0 Å². The molecule has 2 heterocycles.